The molecule has 2 aliphatic rings. The number of rotatable bonds is 3. The van der Waals surface area contributed by atoms with Gasteiger partial charge in [-0.3, -0.25) is 0 Å². The molecule has 132 valence electrons. The van der Waals surface area contributed by atoms with Crippen molar-refractivity contribution < 1.29 is 9.47 Å². The van der Waals surface area contributed by atoms with E-state index >= 15 is 0 Å². The van der Waals surface area contributed by atoms with Crippen molar-refractivity contribution in [2.24, 2.45) is 5.92 Å². The highest BCUT2D eigenvalue weighted by molar-refractivity contribution is 7.10. The zero-order chi connectivity index (χ0) is 17.9. The second-order valence-corrected chi connectivity index (χ2v) is 9.06. The van der Waals surface area contributed by atoms with Crippen LogP contribution in [0.3, 0.4) is 0 Å². The fourth-order valence-electron chi connectivity index (χ4n) is 4.22. The topological polar surface area (TPSA) is 18.5 Å². The van der Waals surface area contributed by atoms with Crippen LogP contribution in [0.1, 0.15) is 21.9 Å². The summed E-state index contributed by atoms with van der Waals surface area (Å²) in [4.78, 5) is 1.26. The third kappa shape index (κ3) is 2.05. The highest BCUT2D eigenvalue weighted by Crippen LogP contribution is 2.77. The maximum atomic E-state index is 6.89. The first-order chi connectivity index (χ1) is 12.6. The number of hydrogen-bond acceptors (Lipinski definition) is 3. The minimum absolute atomic E-state index is 0.0553. The third-order valence-corrected chi connectivity index (χ3v) is 7.45. The summed E-state index contributed by atoms with van der Waals surface area (Å²) in [6, 6.07) is 20.2. The molecule has 1 fully saturated rings. The quantitative estimate of drug-likeness (QED) is 0.501. The van der Waals surface area contributed by atoms with E-state index in [1.165, 1.54) is 4.88 Å². The lowest BCUT2D eigenvalue weighted by molar-refractivity contribution is 0.138. The molecule has 3 atom stereocenters. The first kappa shape index (κ1) is 16.5. The van der Waals surface area contributed by atoms with Gasteiger partial charge in [0, 0.05) is 16.4 Å². The minimum Gasteiger partial charge on any atom is -0.497 e. The van der Waals surface area contributed by atoms with Gasteiger partial charge in [-0.2, -0.15) is 0 Å². The molecule has 1 saturated carbocycles. The van der Waals surface area contributed by atoms with Gasteiger partial charge in [0.2, 0.25) is 0 Å². The van der Waals surface area contributed by atoms with E-state index in [0.29, 0.717) is 0 Å². The molecule has 0 bridgehead atoms. The summed E-state index contributed by atoms with van der Waals surface area (Å²) in [5, 5.41) is 2.09. The SMILES string of the molecule is COc1ccc([C@]23Oc4ccccc4[C@H](c4cccs4)[C@H]2C3(Cl)Cl)cc1. The van der Waals surface area contributed by atoms with Crippen molar-refractivity contribution in [1.82, 2.24) is 0 Å². The molecule has 2 aromatic carbocycles. The number of alkyl halides is 2. The molecule has 5 rings (SSSR count). The lowest BCUT2D eigenvalue weighted by Crippen LogP contribution is -2.28. The Labute approximate surface area is 166 Å². The van der Waals surface area contributed by atoms with Gasteiger partial charge >= 0.3 is 0 Å². The standard InChI is InChI=1S/C21H16Cl2O2S/c1-24-14-10-8-13(9-11-14)20-19(21(20,22)23)18(17-7-4-12-26-17)15-5-2-3-6-16(15)25-20/h2-12,18-19H,1H3/t18-,19-,20+/m1/s1. The Bertz CT molecular complexity index is 952. The summed E-state index contributed by atoms with van der Waals surface area (Å²) in [5.74, 6) is 1.70. The predicted molar refractivity (Wildman–Crippen MR) is 106 cm³/mol. The van der Waals surface area contributed by atoms with Gasteiger partial charge in [-0.1, -0.05) is 59.6 Å². The fraction of sp³-hybridized carbons (Fsp3) is 0.238. The summed E-state index contributed by atoms with van der Waals surface area (Å²) >= 11 is 15.5. The van der Waals surface area contributed by atoms with Gasteiger partial charge in [-0.15, -0.1) is 11.3 Å². The monoisotopic (exact) mass is 402 g/mol. The number of ether oxygens (including phenoxy) is 2. The Kier molecular flexibility index (Phi) is 3.59. The average molecular weight is 403 g/mol. The average Bonchev–Trinajstić information content (AvgIpc) is 3.02. The Morgan fingerprint density at radius 3 is 2.46 bits per heavy atom. The smallest absolute Gasteiger partial charge is 0.174 e. The van der Waals surface area contributed by atoms with E-state index in [0.717, 1.165) is 22.6 Å². The zero-order valence-corrected chi connectivity index (χ0v) is 16.3. The number of halogens is 2. The highest BCUT2D eigenvalue weighted by atomic mass is 35.5. The lowest BCUT2D eigenvalue weighted by atomic mass is 9.86. The largest absolute Gasteiger partial charge is 0.497 e. The Morgan fingerprint density at radius 2 is 1.77 bits per heavy atom. The van der Waals surface area contributed by atoms with E-state index in [1.807, 2.05) is 42.5 Å². The van der Waals surface area contributed by atoms with Crippen molar-refractivity contribution in [2.75, 3.05) is 7.11 Å². The zero-order valence-electron chi connectivity index (χ0n) is 14.0. The molecule has 0 saturated heterocycles. The molecule has 1 aliphatic heterocycles. The summed E-state index contributed by atoms with van der Waals surface area (Å²) in [7, 11) is 1.65. The second-order valence-electron chi connectivity index (χ2n) is 6.70. The molecule has 1 aliphatic carbocycles. The van der Waals surface area contributed by atoms with Gasteiger partial charge in [0.15, 0.2) is 9.93 Å². The summed E-state index contributed by atoms with van der Waals surface area (Å²) in [6.45, 7) is 0. The number of fused-ring (bicyclic) bond motifs is 2. The molecule has 0 spiro atoms. The van der Waals surface area contributed by atoms with Crippen molar-refractivity contribution in [1.29, 1.82) is 0 Å². The molecular weight excluding hydrogens is 387 g/mol. The summed E-state index contributed by atoms with van der Waals surface area (Å²) < 4.78 is 10.8. The molecule has 1 aromatic heterocycles. The van der Waals surface area contributed by atoms with Crippen LogP contribution in [0.5, 0.6) is 11.5 Å². The first-order valence-electron chi connectivity index (χ1n) is 8.43. The van der Waals surface area contributed by atoms with Crippen LogP contribution in [0.15, 0.2) is 66.0 Å². The van der Waals surface area contributed by atoms with Crippen molar-refractivity contribution >= 4 is 34.5 Å². The van der Waals surface area contributed by atoms with E-state index in [9.17, 15) is 0 Å². The normalized spacial score (nSPS) is 27.8. The van der Waals surface area contributed by atoms with E-state index in [1.54, 1.807) is 18.4 Å². The summed E-state index contributed by atoms with van der Waals surface area (Å²) in [5.41, 5.74) is 1.36. The van der Waals surface area contributed by atoms with Crippen LogP contribution in [-0.2, 0) is 5.60 Å². The molecule has 2 heterocycles. The van der Waals surface area contributed by atoms with Crippen LogP contribution in [0.25, 0.3) is 0 Å². The molecule has 3 aromatic rings. The number of para-hydroxylation sites is 1. The van der Waals surface area contributed by atoms with Gasteiger partial charge in [-0.25, -0.2) is 0 Å². The van der Waals surface area contributed by atoms with Crippen LogP contribution in [0.4, 0.5) is 0 Å². The third-order valence-electron chi connectivity index (χ3n) is 5.47. The van der Waals surface area contributed by atoms with Gasteiger partial charge < -0.3 is 9.47 Å². The van der Waals surface area contributed by atoms with Gasteiger partial charge in [0.25, 0.3) is 0 Å². The van der Waals surface area contributed by atoms with Crippen molar-refractivity contribution in [3.63, 3.8) is 0 Å². The molecule has 0 unspecified atom stereocenters. The van der Waals surface area contributed by atoms with Gasteiger partial charge in [0.05, 0.1) is 13.0 Å². The van der Waals surface area contributed by atoms with Crippen molar-refractivity contribution in [2.45, 2.75) is 15.9 Å². The van der Waals surface area contributed by atoms with Gasteiger partial charge in [-0.05, 0) is 35.2 Å². The van der Waals surface area contributed by atoms with Crippen LogP contribution in [0, 0.1) is 5.92 Å². The Hall–Kier alpha value is -1.68. The fourth-order valence-corrected chi connectivity index (χ4v) is 6.08. The molecule has 5 heteroatoms. The molecule has 0 radical (unpaired) electrons. The number of methoxy groups -OCH3 is 1. The van der Waals surface area contributed by atoms with Gasteiger partial charge in [0.1, 0.15) is 11.5 Å². The first-order valence-corrected chi connectivity index (χ1v) is 10.1. The van der Waals surface area contributed by atoms with Crippen LogP contribution < -0.4 is 9.47 Å². The minimum atomic E-state index is -1.00. The van der Waals surface area contributed by atoms with Crippen LogP contribution in [0.2, 0.25) is 0 Å². The lowest BCUT2D eigenvalue weighted by Gasteiger charge is -2.31. The Morgan fingerprint density at radius 1 is 1.00 bits per heavy atom. The van der Waals surface area contributed by atoms with Crippen LogP contribution in [-0.4, -0.2) is 11.4 Å². The molecule has 0 N–H and O–H groups in total. The molecular formula is C21H16Cl2O2S. The van der Waals surface area contributed by atoms with Crippen molar-refractivity contribution in [3.8, 4) is 11.5 Å². The Balaban J connectivity index is 1.70. The number of thiophene rings is 1. The van der Waals surface area contributed by atoms with Crippen molar-refractivity contribution in [3.05, 3.63) is 82.0 Å². The van der Waals surface area contributed by atoms with E-state index in [-0.39, 0.29) is 11.8 Å². The predicted octanol–water partition coefficient (Wildman–Crippen LogP) is 5.98. The number of hydrogen-bond donors (Lipinski definition) is 0. The second kappa shape index (κ2) is 5.66. The number of benzene rings is 2. The van der Waals surface area contributed by atoms with E-state index in [4.69, 9.17) is 32.7 Å². The maximum Gasteiger partial charge on any atom is 0.174 e. The molecule has 26 heavy (non-hydrogen) atoms. The van der Waals surface area contributed by atoms with E-state index < -0.39 is 9.93 Å². The maximum absolute atomic E-state index is 6.89. The molecule has 0 amide bonds. The molecule has 2 nitrogen and oxygen atoms in total. The highest BCUT2D eigenvalue weighted by Gasteiger charge is 2.83. The van der Waals surface area contributed by atoms with E-state index in [2.05, 4.69) is 23.6 Å². The summed E-state index contributed by atoms with van der Waals surface area (Å²) in [6.07, 6.45) is 0. The van der Waals surface area contributed by atoms with Crippen LogP contribution >= 0.6 is 34.5 Å².